The summed E-state index contributed by atoms with van der Waals surface area (Å²) in [5, 5.41) is 4.74. The van der Waals surface area contributed by atoms with Crippen molar-refractivity contribution in [3.63, 3.8) is 0 Å². The molecule has 0 aromatic carbocycles. The predicted molar refractivity (Wildman–Crippen MR) is 82.8 cm³/mol. The second-order valence-electron chi connectivity index (χ2n) is 5.30. The molecule has 19 heavy (non-hydrogen) atoms. The molecule has 2 heterocycles. The molecule has 1 aliphatic rings. The minimum absolute atomic E-state index is 0.268. The standard InChI is InChI=1S/C15H24N2OS/c1-4-15(5-2)11-19-14(17-15)16-12(3)8-9-13-7-6-10-18-13/h6-7,10,12H,4-5,8-9,11H2,1-3H3,(H,16,17). The quantitative estimate of drug-likeness (QED) is 0.860. The fourth-order valence-electron chi connectivity index (χ4n) is 2.28. The van der Waals surface area contributed by atoms with Crippen molar-refractivity contribution in [2.75, 3.05) is 5.75 Å². The van der Waals surface area contributed by atoms with Crippen LogP contribution in [0.2, 0.25) is 0 Å². The Morgan fingerprint density at radius 3 is 2.84 bits per heavy atom. The Morgan fingerprint density at radius 1 is 1.47 bits per heavy atom. The van der Waals surface area contributed by atoms with Gasteiger partial charge in [-0.05, 0) is 38.3 Å². The van der Waals surface area contributed by atoms with E-state index in [0.717, 1.165) is 42.4 Å². The lowest BCUT2D eigenvalue weighted by atomic mass is 9.96. The summed E-state index contributed by atoms with van der Waals surface area (Å²) in [7, 11) is 0. The Hall–Kier alpha value is -0.900. The Kier molecular flexibility index (Phi) is 4.97. The van der Waals surface area contributed by atoms with Crippen molar-refractivity contribution in [3.8, 4) is 0 Å². The van der Waals surface area contributed by atoms with Crippen molar-refractivity contribution in [2.24, 2.45) is 4.99 Å². The van der Waals surface area contributed by atoms with Gasteiger partial charge >= 0.3 is 0 Å². The van der Waals surface area contributed by atoms with Crippen molar-refractivity contribution < 1.29 is 4.42 Å². The topological polar surface area (TPSA) is 37.5 Å². The summed E-state index contributed by atoms with van der Waals surface area (Å²) in [4.78, 5) is 4.79. The molecule has 106 valence electrons. The lowest BCUT2D eigenvalue weighted by molar-refractivity contribution is 0.407. The third kappa shape index (κ3) is 3.78. The summed E-state index contributed by atoms with van der Waals surface area (Å²) in [6.07, 6.45) is 6.05. The van der Waals surface area contributed by atoms with Crippen LogP contribution in [0.4, 0.5) is 0 Å². The maximum absolute atomic E-state index is 5.35. The Balaban J connectivity index is 1.84. The van der Waals surface area contributed by atoms with Crippen molar-refractivity contribution in [1.82, 2.24) is 5.32 Å². The molecule has 1 aliphatic heterocycles. The zero-order valence-electron chi connectivity index (χ0n) is 12.1. The molecule has 1 atom stereocenters. The maximum Gasteiger partial charge on any atom is 0.157 e. The van der Waals surface area contributed by atoms with Crippen LogP contribution in [0.1, 0.15) is 45.8 Å². The minimum atomic E-state index is 0.268. The number of nitrogens with zero attached hydrogens (tertiary/aromatic N) is 1. The fourth-order valence-corrected chi connectivity index (χ4v) is 3.71. The van der Waals surface area contributed by atoms with E-state index < -0.39 is 0 Å². The number of amidine groups is 1. The van der Waals surface area contributed by atoms with E-state index in [-0.39, 0.29) is 5.54 Å². The highest BCUT2D eigenvalue weighted by molar-refractivity contribution is 8.14. The second kappa shape index (κ2) is 6.51. The number of rotatable bonds is 6. The summed E-state index contributed by atoms with van der Waals surface area (Å²) < 4.78 is 5.35. The van der Waals surface area contributed by atoms with Gasteiger partial charge in [0.05, 0.1) is 12.3 Å². The van der Waals surface area contributed by atoms with Crippen LogP contribution in [0.5, 0.6) is 0 Å². The van der Waals surface area contributed by atoms with Gasteiger partial charge in [-0.2, -0.15) is 0 Å². The fraction of sp³-hybridized carbons (Fsp3) is 0.667. The number of thioether (sulfide) groups is 1. The van der Waals surface area contributed by atoms with Crippen LogP contribution in [0.15, 0.2) is 27.8 Å². The van der Waals surface area contributed by atoms with Crippen LogP contribution in [0.3, 0.4) is 0 Å². The summed E-state index contributed by atoms with van der Waals surface area (Å²) in [6.45, 7) is 6.68. The molecule has 1 N–H and O–H groups in total. The first kappa shape index (κ1) is 14.5. The van der Waals surface area contributed by atoms with Crippen molar-refractivity contribution >= 4 is 16.9 Å². The van der Waals surface area contributed by atoms with E-state index in [0.29, 0.717) is 6.04 Å². The van der Waals surface area contributed by atoms with Gasteiger partial charge in [0, 0.05) is 17.7 Å². The monoisotopic (exact) mass is 280 g/mol. The third-order valence-corrected chi connectivity index (χ3v) is 5.11. The summed E-state index contributed by atoms with van der Waals surface area (Å²) >= 11 is 1.87. The maximum atomic E-state index is 5.35. The number of hydrogen-bond acceptors (Lipinski definition) is 3. The van der Waals surface area contributed by atoms with Crippen LogP contribution in [-0.2, 0) is 6.42 Å². The summed E-state index contributed by atoms with van der Waals surface area (Å²) in [6, 6.07) is 4.31. The van der Waals surface area contributed by atoms with Crippen LogP contribution in [0.25, 0.3) is 0 Å². The predicted octanol–water partition coefficient (Wildman–Crippen LogP) is 3.85. The number of hydrogen-bond donors (Lipinski definition) is 1. The van der Waals surface area contributed by atoms with Crippen molar-refractivity contribution in [2.45, 2.75) is 58.0 Å². The van der Waals surface area contributed by atoms with Crippen LogP contribution in [0, 0.1) is 0 Å². The van der Waals surface area contributed by atoms with E-state index in [9.17, 15) is 0 Å². The van der Waals surface area contributed by atoms with E-state index in [1.807, 2.05) is 23.9 Å². The van der Waals surface area contributed by atoms with Crippen LogP contribution >= 0.6 is 11.8 Å². The molecule has 4 heteroatoms. The van der Waals surface area contributed by atoms with Gasteiger partial charge in [0.1, 0.15) is 5.76 Å². The second-order valence-corrected chi connectivity index (χ2v) is 6.27. The Labute approximate surface area is 120 Å². The average Bonchev–Trinajstić information content (AvgIpc) is 3.06. The summed E-state index contributed by atoms with van der Waals surface area (Å²) in [5.41, 5.74) is 0.268. The van der Waals surface area contributed by atoms with Gasteiger partial charge in [-0.15, -0.1) is 0 Å². The molecular weight excluding hydrogens is 256 g/mol. The van der Waals surface area contributed by atoms with E-state index in [1.54, 1.807) is 6.26 Å². The summed E-state index contributed by atoms with van der Waals surface area (Å²) in [5.74, 6) is 2.19. The largest absolute Gasteiger partial charge is 0.469 e. The number of furan rings is 1. The Bertz CT molecular complexity index is 410. The van der Waals surface area contributed by atoms with Crippen LogP contribution in [-0.4, -0.2) is 22.5 Å². The molecule has 0 bridgehead atoms. The van der Waals surface area contributed by atoms with Crippen molar-refractivity contribution in [3.05, 3.63) is 24.2 Å². The average molecular weight is 280 g/mol. The molecule has 1 unspecified atom stereocenters. The molecule has 3 nitrogen and oxygen atoms in total. The third-order valence-electron chi connectivity index (χ3n) is 3.94. The van der Waals surface area contributed by atoms with Gasteiger partial charge in [0.25, 0.3) is 0 Å². The van der Waals surface area contributed by atoms with E-state index in [1.165, 1.54) is 0 Å². The smallest absolute Gasteiger partial charge is 0.157 e. The molecular formula is C15H24N2OS. The minimum Gasteiger partial charge on any atom is -0.469 e. The van der Waals surface area contributed by atoms with Gasteiger partial charge in [-0.25, -0.2) is 0 Å². The molecule has 0 amide bonds. The highest BCUT2D eigenvalue weighted by Crippen LogP contribution is 2.29. The zero-order chi connectivity index (χ0) is 13.7. The normalized spacial score (nSPS) is 21.5. The molecule has 0 radical (unpaired) electrons. The molecule has 1 aromatic rings. The lowest BCUT2D eigenvalue weighted by Crippen LogP contribution is -2.42. The lowest BCUT2D eigenvalue weighted by Gasteiger charge is -2.25. The zero-order valence-corrected chi connectivity index (χ0v) is 12.9. The molecule has 2 rings (SSSR count). The molecule has 1 fully saturated rings. The first-order valence-corrected chi connectivity index (χ1v) is 8.17. The SMILES string of the molecule is CCC1(CC)CSC(=NC(C)CCc2ccco2)N1. The number of aliphatic imine (C=N–C) groups is 1. The molecule has 1 aromatic heterocycles. The van der Waals surface area contributed by atoms with Gasteiger partial charge in [-0.3, -0.25) is 4.99 Å². The number of aryl methyl sites for hydroxylation is 1. The molecule has 0 saturated carbocycles. The van der Waals surface area contributed by atoms with E-state index in [4.69, 9.17) is 9.41 Å². The van der Waals surface area contributed by atoms with E-state index in [2.05, 4.69) is 26.1 Å². The molecule has 1 saturated heterocycles. The highest BCUT2D eigenvalue weighted by Gasteiger charge is 2.33. The first-order chi connectivity index (χ1) is 9.17. The van der Waals surface area contributed by atoms with Gasteiger partial charge < -0.3 is 9.73 Å². The van der Waals surface area contributed by atoms with Gasteiger partial charge in [0.2, 0.25) is 0 Å². The highest BCUT2D eigenvalue weighted by atomic mass is 32.2. The van der Waals surface area contributed by atoms with E-state index >= 15 is 0 Å². The molecule has 0 aliphatic carbocycles. The van der Waals surface area contributed by atoms with Crippen LogP contribution < -0.4 is 5.32 Å². The Morgan fingerprint density at radius 2 is 2.26 bits per heavy atom. The van der Waals surface area contributed by atoms with Gasteiger partial charge in [0.15, 0.2) is 5.17 Å². The van der Waals surface area contributed by atoms with Gasteiger partial charge in [-0.1, -0.05) is 25.6 Å². The molecule has 0 spiro atoms. The number of nitrogens with one attached hydrogen (secondary N) is 1. The first-order valence-electron chi connectivity index (χ1n) is 7.18. The van der Waals surface area contributed by atoms with Crippen molar-refractivity contribution in [1.29, 1.82) is 0 Å².